The van der Waals surface area contributed by atoms with Gasteiger partial charge in [0.15, 0.2) is 6.04 Å². The second-order valence-corrected chi connectivity index (χ2v) is 8.24. The fourth-order valence-corrected chi connectivity index (χ4v) is 3.24. The number of phosphoric ester groups is 1. The highest BCUT2D eigenvalue weighted by Gasteiger charge is 2.39. The van der Waals surface area contributed by atoms with Crippen LogP contribution >= 0.6 is 7.82 Å². The molecule has 148 valence electrons. The van der Waals surface area contributed by atoms with Crippen molar-refractivity contribution in [2.45, 2.75) is 31.4 Å². The summed E-state index contributed by atoms with van der Waals surface area (Å²) < 4.78 is 31.6. The van der Waals surface area contributed by atoms with E-state index in [0.717, 1.165) is 31.0 Å². The van der Waals surface area contributed by atoms with Gasteiger partial charge >= 0.3 is 7.82 Å². The van der Waals surface area contributed by atoms with Crippen LogP contribution in [0.1, 0.15) is 19.3 Å². The number of hydrogen-bond donors (Lipinski definition) is 2. The summed E-state index contributed by atoms with van der Waals surface area (Å²) in [5.41, 5.74) is 0. The third-order valence-corrected chi connectivity index (χ3v) is 5.35. The fourth-order valence-electron chi connectivity index (χ4n) is 2.78. The number of phosphoric acid groups is 1. The molecule has 1 saturated heterocycles. The zero-order chi connectivity index (χ0) is 18.9. The van der Waals surface area contributed by atoms with Crippen LogP contribution in [-0.4, -0.2) is 88.7 Å². The third-order valence-electron chi connectivity index (χ3n) is 4.41. The fraction of sp³-hybridized carbons (Fsp3) is 0.933. The summed E-state index contributed by atoms with van der Waals surface area (Å²) in [6, 6.07) is 0.0332. The minimum Gasteiger partial charge on any atom is -0.379 e. The number of rotatable bonds is 12. The molecule has 0 radical (unpaired) electrons. The van der Waals surface area contributed by atoms with Crippen molar-refractivity contribution in [2.75, 3.05) is 61.2 Å². The highest BCUT2D eigenvalue weighted by Crippen LogP contribution is 2.41. The van der Waals surface area contributed by atoms with Crippen molar-refractivity contribution in [3.63, 3.8) is 0 Å². The van der Waals surface area contributed by atoms with Crippen molar-refractivity contribution in [1.29, 1.82) is 0 Å². The standard InChI is InChI=1S/C15H31N2O7P/c1-17(2)9-5-7-14(17)15(18)16-8-6-10-23-11-13(21-3)12-24-25(19,20)22-4/h13-14H,5-12H2,1-4H3,(H-,16,18,19,20)/p+1. The van der Waals surface area contributed by atoms with Crippen LogP contribution < -0.4 is 5.32 Å². The van der Waals surface area contributed by atoms with Crippen LogP contribution in [0.5, 0.6) is 0 Å². The van der Waals surface area contributed by atoms with Crippen LogP contribution in [0, 0.1) is 0 Å². The molecule has 1 fully saturated rings. The van der Waals surface area contributed by atoms with Gasteiger partial charge in [0.1, 0.15) is 6.10 Å². The molecule has 0 spiro atoms. The highest BCUT2D eigenvalue weighted by molar-refractivity contribution is 7.47. The van der Waals surface area contributed by atoms with Crippen LogP contribution in [0.2, 0.25) is 0 Å². The molecule has 10 heteroatoms. The molecule has 3 unspecified atom stereocenters. The van der Waals surface area contributed by atoms with Crippen molar-refractivity contribution in [1.82, 2.24) is 5.32 Å². The Morgan fingerprint density at radius 2 is 2.08 bits per heavy atom. The molecule has 3 atom stereocenters. The maximum Gasteiger partial charge on any atom is 0.472 e. The Morgan fingerprint density at radius 1 is 1.36 bits per heavy atom. The van der Waals surface area contributed by atoms with E-state index in [9.17, 15) is 9.36 Å². The summed E-state index contributed by atoms with van der Waals surface area (Å²) in [4.78, 5) is 21.4. The molecule has 0 aromatic carbocycles. The molecule has 9 nitrogen and oxygen atoms in total. The van der Waals surface area contributed by atoms with Crippen LogP contribution in [0.25, 0.3) is 0 Å². The summed E-state index contributed by atoms with van der Waals surface area (Å²) in [6.45, 7) is 2.15. The Bertz CT molecular complexity index is 461. The average Bonchev–Trinajstić information content (AvgIpc) is 2.92. The average molecular weight is 383 g/mol. The Labute approximate surface area is 149 Å². The van der Waals surface area contributed by atoms with Gasteiger partial charge in [-0.15, -0.1) is 0 Å². The molecular weight excluding hydrogens is 351 g/mol. The van der Waals surface area contributed by atoms with Gasteiger partial charge in [0.2, 0.25) is 0 Å². The molecular formula is C15H32N2O7P+. The largest absolute Gasteiger partial charge is 0.472 e. The number of nitrogens with zero attached hydrogens (tertiary/aromatic N) is 1. The van der Waals surface area contributed by atoms with E-state index in [1.54, 1.807) is 0 Å². The van der Waals surface area contributed by atoms with Gasteiger partial charge in [-0.25, -0.2) is 4.57 Å². The quantitative estimate of drug-likeness (QED) is 0.288. The smallest absolute Gasteiger partial charge is 0.379 e. The van der Waals surface area contributed by atoms with E-state index in [1.165, 1.54) is 7.11 Å². The van der Waals surface area contributed by atoms with Gasteiger partial charge < -0.3 is 24.2 Å². The first kappa shape index (κ1) is 22.5. The molecule has 0 aromatic rings. The predicted molar refractivity (Wildman–Crippen MR) is 92.0 cm³/mol. The predicted octanol–water partition coefficient (Wildman–Crippen LogP) is 0.527. The second-order valence-electron chi connectivity index (χ2n) is 6.68. The molecule has 0 bridgehead atoms. The summed E-state index contributed by atoms with van der Waals surface area (Å²) in [7, 11) is 2.73. The Hall–Kier alpha value is -0.540. The number of methoxy groups -OCH3 is 1. The molecule has 0 aromatic heterocycles. The lowest BCUT2D eigenvalue weighted by Gasteiger charge is -2.30. The third kappa shape index (κ3) is 8.13. The molecule has 25 heavy (non-hydrogen) atoms. The van der Waals surface area contributed by atoms with Crippen molar-refractivity contribution in [3.05, 3.63) is 0 Å². The van der Waals surface area contributed by atoms with E-state index in [4.69, 9.17) is 18.9 Å². The number of carbonyl (C=O) groups is 1. The summed E-state index contributed by atoms with van der Waals surface area (Å²) >= 11 is 0. The van der Waals surface area contributed by atoms with Gasteiger partial charge in [-0.1, -0.05) is 0 Å². The molecule has 1 aliphatic heterocycles. The number of likely N-dealkylation sites (tertiary alicyclic amines) is 1. The van der Waals surface area contributed by atoms with E-state index >= 15 is 0 Å². The van der Waals surface area contributed by atoms with E-state index in [0.29, 0.717) is 19.6 Å². The highest BCUT2D eigenvalue weighted by atomic mass is 31.2. The zero-order valence-corrected chi connectivity index (χ0v) is 16.5. The normalized spacial score (nSPS) is 23.2. The van der Waals surface area contributed by atoms with Gasteiger partial charge in [0.05, 0.1) is 33.9 Å². The van der Waals surface area contributed by atoms with E-state index < -0.39 is 13.9 Å². The molecule has 1 amide bonds. The van der Waals surface area contributed by atoms with Crippen molar-refractivity contribution < 1.29 is 37.3 Å². The second kappa shape index (κ2) is 10.6. The molecule has 0 aliphatic carbocycles. The lowest BCUT2D eigenvalue weighted by atomic mass is 10.2. The molecule has 2 N–H and O–H groups in total. The lowest BCUT2D eigenvalue weighted by molar-refractivity contribution is -0.893. The van der Waals surface area contributed by atoms with E-state index in [1.807, 2.05) is 0 Å². The van der Waals surface area contributed by atoms with Gasteiger partial charge in [0, 0.05) is 40.2 Å². The van der Waals surface area contributed by atoms with Crippen LogP contribution in [0.4, 0.5) is 0 Å². The van der Waals surface area contributed by atoms with Gasteiger partial charge in [0.25, 0.3) is 5.91 Å². The van der Waals surface area contributed by atoms with Gasteiger partial charge in [-0.3, -0.25) is 13.8 Å². The summed E-state index contributed by atoms with van der Waals surface area (Å²) in [6.07, 6.45) is 2.22. The topological polar surface area (TPSA) is 103 Å². The van der Waals surface area contributed by atoms with Crippen LogP contribution in [0.15, 0.2) is 0 Å². The molecule has 1 heterocycles. The number of hydrogen-bond acceptors (Lipinski definition) is 6. The number of likely N-dealkylation sites (N-methyl/N-ethyl adjacent to an activating group) is 1. The SMILES string of the molecule is COC(COCCCNC(=O)C1CCC[N+]1(C)C)COP(=O)(O)OC. The number of ether oxygens (including phenoxy) is 2. The van der Waals surface area contributed by atoms with Crippen LogP contribution in [0.3, 0.4) is 0 Å². The van der Waals surface area contributed by atoms with Gasteiger partial charge in [-0.2, -0.15) is 0 Å². The van der Waals surface area contributed by atoms with E-state index in [-0.39, 0.29) is 25.2 Å². The maximum absolute atomic E-state index is 12.2. The first-order valence-corrected chi connectivity index (χ1v) is 9.95. The van der Waals surface area contributed by atoms with Crippen LogP contribution in [-0.2, 0) is 27.9 Å². The zero-order valence-electron chi connectivity index (χ0n) is 15.6. The van der Waals surface area contributed by atoms with Crippen molar-refractivity contribution >= 4 is 13.7 Å². The maximum atomic E-state index is 12.2. The number of carbonyl (C=O) groups excluding carboxylic acids is 1. The van der Waals surface area contributed by atoms with E-state index in [2.05, 4.69) is 23.9 Å². The Morgan fingerprint density at radius 3 is 2.64 bits per heavy atom. The monoisotopic (exact) mass is 383 g/mol. The first-order chi connectivity index (χ1) is 11.7. The lowest BCUT2D eigenvalue weighted by Crippen LogP contribution is -2.52. The molecule has 1 rings (SSSR count). The number of quaternary nitrogens is 1. The Balaban J connectivity index is 2.12. The minimum atomic E-state index is -4.01. The van der Waals surface area contributed by atoms with Gasteiger partial charge in [-0.05, 0) is 6.42 Å². The van der Waals surface area contributed by atoms with Crippen molar-refractivity contribution in [2.24, 2.45) is 0 Å². The number of amides is 1. The van der Waals surface area contributed by atoms with Crippen molar-refractivity contribution in [3.8, 4) is 0 Å². The number of nitrogens with one attached hydrogen (secondary N) is 1. The summed E-state index contributed by atoms with van der Waals surface area (Å²) in [5, 5.41) is 2.96. The minimum absolute atomic E-state index is 0.0332. The Kier molecular flexibility index (Phi) is 9.51. The summed E-state index contributed by atoms with van der Waals surface area (Å²) in [5.74, 6) is 0.101. The molecule has 1 aliphatic rings. The first-order valence-electron chi connectivity index (χ1n) is 8.46. The molecule has 0 saturated carbocycles.